The maximum atomic E-state index is 13.9. The molecule has 1 N–H and O–H groups in total. The van der Waals surface area contributed by atoms with Crippen molar-refractivity contribution in [3.8, 4) is 5.75 Å². The number of ether oxygens (including phenoxy) is 1. The van der Waals surface area contributed by atoms with Crippen LogP contribution in [-0.2, 0) is 9.59 Å². The van der Waals surface area contributed by atoms with Gasteiger partial charge in [0.1, 0.15) is 17.3 Å². The van der Waals surface area contributed by atoms with Crippen LogP contribution in [0.25, 0.3) is 5.76 Å². The Balaban J connectivity index is 2.18. The standard InChI is InChI=1S/C22H24FNO4S/c1-4-5-6-10-24-18(21-13(2)9-11-29-21)17(20(26)22(24)27)19(25)15-12-14(23)7-8-16(15)28-3/h7-9,11-12,18,25H,4-6,10H2,1-3H3/b19-17+. The molecule has 1 aliphatic heterocycles. The second-order valence-corrected chi connectivity index (χ2v) is 7.96. The van der Waals surface area contributed by atoms with E-state index in [9.17, 15) is 19.1 Å². The van der Waals surface area contributed by atoms with Crippen molar-refractivity contribution in [2.75, 3.05) is 13.7 Å². The molecule has 1 fully saturated rings. The van der Waals surface area contributed by atoms with E-state index >= 15 is 0 Å². The van der Waals surface area contributed by atoms with Gasteiger partial charge < -0.3 is 14.7 Å². The zero-order chi connectivity index (χ0) is 21.1. The van der Waals surface area contributed by atoms with Crippen LogP contribution in [0.2, 0.25) is 0 Å². The second kappa shape index (κ2) is 8.78. The van der Waals surface area contributed by atoms with Gasteiger partial charge in [-0.1, -0.05) is 19.8 Å². The van der Waals surface area contributed by atoms with Crippen molar-refractivity contribution in [3.05, 3.63) is 57.0 Å². The van der Waals surface area contributed by atoms with Gasteiger partial charge in [-0.25, -0.2) is 4.39 Å². The molecule has 2 aromatic rings. The van der Waals surface area contributed by atoms with Gasteiger partial charge in [0.05, 0.1) is 24.3 Å². The maximum Gasteiger partial charge on any atom is 0.295 e. The van der Waals surface area contributed by atoms with Crippen LogP contribution in [0.3, 0.4) is 0 Å². The fourth-order valence-electron chi connectivity index (χ4n) is 3.59. The van der Waals surface area contributed by atoms with Gasteiger partial charge in [0.2, 0.25) is 0 Å². The summed E-state index contributed by atoms with van der Waals surface area (Å²) in [6, 6.07) is 4.92. The number of ketones is 1. The predicted octanol–water partition coefficient (Wildman–Crippen LogP) is 4.82. The highest BCUT2D eigenvalue weighted by Crippen LogP contribution is 2.43. The molecule has 3 rings (SSSR count). The number of carbonyl (C=O) groups is 2. The minimum atomic E-state index is -0.761. The molecular weight excluding hydrogens is 393 g/mol. The monoisotopic (exact) mass is 417 g/mol. The summed E-state index contributed by atoms with van der Waals surface area (Å²) in [7, 11) is 1.40. The van der Waals surface area contributed by atoms with Crippen LogP contribution >= 0.6 is 11.3 Å². The Labute approximate surface area is 173 Å². The van der Waals surface area contributed by atoms with Crippen molar-refractivity contribution in [2.45, 2.75) is 39.2 Å². The highest BCUT2D eigenvalue weighted by atomic mass is 32.1. The fraction of sp³-hybridized carbons (Fsp3) is 0.364. The summed E-state index contributed by atoms with van der Waals surface area (Å²) >= 11 is 1.43. The molecule has 1 aromatic heterocycles. The van der Waals surface area contributed by atoms with E-state index in [0.29, 0.717) is 6.54 Å². The molecule has 1 aromatic carbocycles. The van der Waals surface area contributed by atoms with Crippen molar-refractivity contribution < 1.29 is 23.8 Å². The zero-order valence-corrected chi connectivity index (χ0v) is 17.5. The number of aryl methyl sites for hydroxylation is 1. The third-order valence-electron chi connectivity index (χ3n) is 5.11. The number of nitrogens with zero attached hydrogens (tertiary/aromatic N) is 1. The van der Waals surface area contributed by atoms with Crippen LogP contribution in [0.1, 0.15) is 48.2 Å². The Morgan fingerprint density at radius 2 is 2.03 bits per heavy atom. The number of benzene rings is 1. The van der Waals surface area contributed by atoms with Crippen LogP contribution in [0.4, 0.5) is 4.39 Å². The summed E-state index contributed by atoms with van der Waals surface area (Å²) < 4.78 is 19.1. The third kappa shape index (κ3) is 3.92. The lowest BCUT2D eigenvalue weighted by molar-refractivity contribution is -0.139. The Kier molecular flexibility index (Phi) is 6.37. The van der Waals surface area contributed by atoms with E-state index in [1.54, 1.807) is 0 Å². The van der Waals surface area contributed by atoms with Crippen molar-refractivity contribution in [2.24, 2.45) is 0 Å². The topological polar surface area (TPSA) is 66.8 Å². The number of aliphatic hydroxyl groups is 1. The molecule has 1 atom stereocenters. The van der Waals surface area contributed by atoms with Crippen LogP contribution in [0, 0.1) is 12.7 Å². The predicted molar refractivity (Wildman–Crippen MR) is 111 cm³/mol. The Hall–Kier alpha value is -2.67. The number of carbonyl (C=O) groups excluding carboxylic acids is 2. The van der Waals surface area contributed by atoms with Gasteiger partial charge in [0.25, 0.3) is 11.7 Å². The first-order chi connectivity index (χ1) is 13.9. The number of likely N-dealkylation sites (tertiary alicyclic amines) is 1. The molecule has 0 bridgehead atoms. The van der Waals surface area contributed by atoms with Gasteiger partial charge in [-0.3, -0.25) is 9.59 Å². The van der Waals surface area contributed by atoms with Gasteiger partial charge in [0.15, 0.2) is 0 Å². The van der Waals surface area contributed by atoms with Crippen LogP contribution < -0.4 is 4.74 Å². The summed E-state index contributed by atoms with van der Waals surface area (Å²) in [5, 5.41) is 12.9. The molecule has 0 saturated carbocycles. The van der Waals surface area contributed by atoms with Gasteiger partial charge in [-0.05, 0) is 48.6 Å². The van der Waals surface area contributed by atoms with Gasteiger partial charge in [0, 0.05) is 11.4 Å². The van der Waals surface area contributed by atoms with Crippen molar-refractivity contribution in [1.29, 1.82) is 0 Å². The first-order valence-electron chi connectivity index (χ1n) is 9.57. The average molecular weight is 418 g/mol. The molecule has 2 heterocycles. The molecule has 0 radical (unpaired) electrons. The fourth-order valence-corrected chi connectivity index (χ4v) is 4.64. The number of thiophene rings is 1. The smallest absolute Gasteiger partial charge is 0.295 e. The number of unbranched alkanes of at least 4 members (excludes halogenated alkanes) is 2. The van der Waals surface area contributed by atoms with E-state index < -0.39 is 29.3 Å². The number of rotatable bonds is 7. The number of amides is 1. The van der Waals surface area contributed by atoms with Crippen LogP contribution in [0.15, 0.2) is 35.2 Å². The first kappa shape index (κ1) is 21.0. The summed E-state index contributed by atoms with van der Waals surface area (Å²) in [5.74, 6) is -2.18. The van der Waals surface area contributed by atoms with Crippen molar-refractivity contribution >= 4 is 28.8 Å². The molecule has 7 heteroatoms. The molecule has 29 heavy (non-hydrogen) atoms. The van der Waals surface area contributed by atoms with E-state index in [-0.39, 0.29) is 16.9 Å². The molecule has 1 amide bonds. The lowest BCUT2D eigenvalue weighted by atomic mass is 9.98. The number of Topliss-reactive ketones (excluding diaryl/α,β-unsaturated/α-hetero) is 1. The zero-order valence-electron chi connectivity index (χ0n) is 16.7. The minimum Gasteiger partial charge on any atom is -0.507 e. The number of aliphatic hydroxyl groups excluding tert-OH is 1. The van der Waals surface area contributed by atoms with Crippen molar-refractivity contribution in [1.82, 2.24) is 4.90 Å². The highest BCUT2D eigenvalue weighted by molar-refractivity contribution is 7.10. The van der Waals surface area contributed by atoms with E-state index in [1.807, 2.05) is 18.4 Å². The van der Waals surface area contributed by atoms with Gasteiger partial charge >= 0.3 is 0 Å². The quantitative estimate of drug-likeness (QED) is 0.304. The molecule has 1 aliphatic rings. The molecule has 0 spiro atoms. The molecule has 154 valence electrons. The number of halogens is 1. The number of methoxy groups -OCH3 is 1. The Morgan fingerprint density at radius 3 is 2.66 bits per heavy atom. The number of hydrogen-bond acceptors (Lipinski definition) is 5. The third-order valence-corrected chi connectivity index (χ3v) is 6.18. The second-order valence-electron chi connectivity index (χ2n) is 7.01. The van der Waals surface area contributed by atoms with Crippen LogP contribution in [-0.4, -0.2) is 35.4 Å². The van der Waals surface area contributed by atoms with Crippen LogP contribution in [0.5, 0.6) is 5.75 Å². The normalized spacial score (nSPS) is 18.5. The molecular formula is C22H24FNO4S. The Bertz CT molecular complexity index is 965. The molecule has 0 aliphatic carbocycles. The van der Waals surface area contributed by atoms with E-state index in [4.69, 9.17) is 4.74 Å². The summed E-state index contributed by atoms with van der Waals surface area (Å²) in [4.78, 5) is 28.1. The largest absolute Gasteiger partial charge is 0.507 e. The SMILES string of the molecule is CCCCCN1C(=O)C(=O)/C(=C(/O)c2cc(F)ccc2OC)C1c1sccc1C. The first-order valence-corrected chi connectivity index (χ1v) is 10.4. The summed E-state index contributed by atoms with van der Waals surface area (Å²) in [6.07, 6.45) is 2.66. The molecule has 1 saturated heterocycles. The Morgan fingerprint density at radius 1 is 1.28 bits per heavy atom. The number of hydrogen-bond donors (Lipinski definition) is 1. The minimum absolute atomic E-state index is 0.0269. The van der Waals surface area contributed by atoms with E-state index in [0.717, 1.165) is 35.8 Å². The van der Waals surface area contributed by atoms with E-state index in [2.05, 4.69) is 6.92 Å². The average Bonchev–Trinajstić information content (AvgIpc) is 3.23. The van der Waals surface area contributed by atoms with E-state index in [1.165, 1.54) is 35.5 Å². The summed E-state index contributed by atoms with van der Waals surface area (Å²) in [6.45, 7) is 4.38. The highest BCUT2D eigenvalue weighted by Gasteiger charge is 2.47. The van der Waals surface area contributed by atoms with Gasteiger partial charge in [-0.15, -0.1) is 11.3 Å². The molecule has 5 nitrogen and oxygen atoms in total. The van der Waals surface area contributed by atoms with Crippen molar-refractivity contribution in [3.63, 3.8) is 0 Å². The lowest BCUT2D eigenvalue weighted by Crippen LogP contribution is -2.30. The lowest BCUT2D eigenvalue weighted by Gasteiger charge is -2.25. The summed E-state index contributed by atoms with van der Waals surface area (Å²) in [5.41, 5.74) is 0.957. The maximum absolute atomic E-state index is 13.9. The molecule has 1 unspecified atom stereocenters. The van der Waals surface area contributed by atoms with Gasteiger partial charge in [-0.2, -0.15) is 0 Å².